The second-order valence-electron chi connectivity index (χ2n) is 8.40. The maximum Gasteiger partial charge on any atom is 0.372 e. The van der Waals surface area contributed by atoms with E-state index in [1.54, 1.807) is 0 Å². The number of benzene rings is 1. The number of methoxy groups -OCH3 is 1. The van der Waals surface area contributed by atoms with Gasteiger partial charge >= 0.3 is 11.8 Å². The Kier molecular flexibility index (Phi) is 4.48. The van der Waals surface area contributed by atoms with Crippen LogP contribution < -0.4 is 9.47 Å². The molecule has 3 aliphatic heterocycles. The molecule has 1 fully saturated rings. The molecule has 4 atom stereocenters. The number of esters is 1. The SMILES string of the molecule is CC[C@](O)(F)C(=O)O[C@@H]1C(OC)=C[C@]23CCCN2CCc2cc4c(cc2[C@H]13)OCO4. The molecule has 0 amide bonds. The maximum absolute atomic E-state index is 14.3. The first kappa shape index (κ1) is 19.6. The van der Waals surface area contributed by atoms with E-state index in [4.69, 9.17) is 18.9 Å². The molecule has 1 spiro atoms. The molecular formula is C22H26FNO6. The highest BCUT2D eigenvalue weighted by molar-refractivity contribution is 5.78. The van der Waals surface area contributed by atoms with Gasteiger partial charge in [0.2, 0.25) is 6.79 Å². The van der Waals surface area contributed by atoms with Crippen molar-refractivity contribution in [2.45, 2.75) is 56.0 Å². The highest BCUT2D eigenvalue weighted by Crippen LogP contribution is 2.55. The molecule has 4 aliphatic rings. The summed E-state index contributed by atoms with van der Waals surface area (Å²) in [4.78, 5) is 14.9. The normalized spacial score (nSPS) is 31.1. The molecule has 5 rings (SSSR count). The molecule has 1 aromatic rings. The number of alkyl halides is 1. The van der Waals surface area contributed by atoms with Crippen molar-refractivity contribution >= 4 is 5.97 Å². The van der Waals surface area contributed by atoms with Crippen LogP contribution in [0.4, 0.5) is 4.39 Å². The van der Waals surface area contributed by atoms with Crippen LogP contribution in [0.5, 0.6) is 11.5 Å². The molecule has 0 saturated carbocycles. The predicted octanol–water partition coefficient (Wildman–Crippen LogP) is 2.41. The van der Waals surface area contributed by atoms with Crippen molar-refractivity contribution in [3.05, 3.63) is 35.1 Å². The van der Waals surface area contributed by atoms with E-state index in [-0.39, 0.29) is 19.1 Å². The van der Waals surface area contributed by atoms with Gasteiger partial charge in [-0.15, -0.1) is 0 Å². The van der Waals surface area contributed by atoms with Crippen LogP contribution >= 0.6 is 0 Å². The summed E-state index contributed by atoms with van der Waals surface area (Å²) in [6.45, 7) is 3.34. The molecule has 0 aromatic heterocycles. The number of carbonyl (C=O) groups is 1. The van der Waals surface area contributed by atoms with Crippen LogP contribution in [0, 0.1) is 0 Å². The van der Waals surface area contributed by atoms with Gasteiger partial charge in [-0.3, -0.25) is 4.90 Å². The van der Waals surface area contributed by atoms with Crippen molar-refractivity contribution in [3.63, 3.8) is 0 Å². The minimum Gasteiger partial charge on any atom is -0.497 e. The van der Waals surface area contributed by atoms with Gasteiger partial charge in [-0.05, 0) is 55.1 Å². The average molecular weight is 419 g/mol. The summed E-state index contributed by atoms with van der Waals surface area (Å²) in [5.41, 5.74) is 1.69. The lowest BCUT2D eigenvalue weighted by molar-refractivity contribution is -0.193. The monoisotopic (exact) mass is 419 g/mol. The Morgan fingerprint density at radius 2 is 2.13 bits per heavy atom. The highest BCUT2D eigenvalue weighted by atomic mass is 19.2. The van der Waals surface area contributed by atoms with Crippen molar-refractivity contribution < 1.29 is 33.2 Å². The number of ether oxygens (including phenoxy) is 4. The molecule has 30 heavy (non-hydrogen) atoms. The molecule has 0 unspecified atom stereocenters. The van der Waals surface area contributed by atoms with Gasteiger partial charge in [-0.25, -0.2) is 4.79 Å². The van der Waals surface area contributed by atoms with E-state index < -0.39 is 23.5 Å². The first-order valence-corrected chi connectivity index (χ1v) is 10.5. The third-order valence-corrected chi connectivity index (χ3v) is 6.98. The second-order valence-corrected chi connectivity index (χ2v) is 8.40. The molecule has 8 heteroatoms. The van der Waals surface area contributed by atoms with Crippen LogP contribution in [0.25, 0.3) is 0 Å². The fraction of sp³-hybridized carbons (Fsp3) is 0.591. The van der Waals surface area contributed by atoms with Gasteiger partial charge in [0.1, 0.15) is 5.76 Å². The Morgan fingerprint density at radius 1 is 1.37 bits per heavy atom. The Labute approximate surface area is 174 Å². The van der Waals surface area contributed by atoms with Crippen molar-refractivity contribution in [2.24, 2.45) is 0 Å². The Hall–Kier alpha value is -2.32. The lowest BCUT2D eigenvalue weighted by Gasteiger charge is -2.39. The van der Waals surface area contributed by atoms with E-state index in [1.165, 1.54) is 14.0 Å². The largest absolute Gasteiger partial charge is 0.497 e. The maximum atomic E-state index is 14.3. The van der Waals surface area contributed by atoms with Crippen molar-refractivity contribution in [3.8, 4) is 11.5 Å². The predicted molar refractivity (Wildman–Crippen MR) is 104 cm³/mol. The number of carbonyl (C=O) groups excluding carboxylic acids is 1. The van der Waals surface area contributed by atoms with Gasteiger partial charge in [0.15, 0.2) is 17.6 Å². The molecule has 7 nitrogen and oxygen atoms in total. The van der Waals surface area contributed by atoms with E-state index in [0.29, 0.717) is 17.3 Å². The quantitative estimate of drug-likeness (QED) is 0.751. The standard InChI is InChI=1S/C22H26FNO6/c1-3-22(23,26)20(25)30-19-17(27-2)11-21-6-4-7-24(21)8-5-13-9-15-16(29-12-28-15)10-14(13)18(19)21/h9-11,18-19,26H,3-8,12H2,1-2H3/t18-,19-,21+,22-/m1/s1. The average Bonchev–Trinajstić information content (AvgIpc) is 3.41. The Morgan fingerprint density at radius 3 is 2.87 bits per heavy atom. The van der Waals surface area contributed by atoms with Crippen molar-refractivity contribution in [2.75, 3.05) is 27.0 Å². The zero-order chi connectivity index (χ0) is 21.1. The van der Waals surface area contributed by atoms with E-state index in [2.05, 4.69) is 4.90 Å². The molecule has 1 saturated heterocycles. The third-order valence-electron chi connectivity index (χ3n) is 6.98. The van der Waals surface area contributed by atoms with Gasteiger partial charge < -0.3 is 24.1 Å². The van der Waals surface area contributed by atoms with Crippen LogP contribution in [0.2, 0.25) is 0 Å². The number of halogens is 1. The van der Waals surface area contributed by atoms with Crippen LogP contribution in [0.15, 0.2) is 24.0 Å². The van der Waals surface area contributed by atoms with Crippen molar-refractivity contribution in [1.82, 2.24) is 4.90 Å². The van der Waals surface area contributed by atoms with Crippen LogP contribution in [0.1, 0.15) is 43.2 Å². The summed E-state index contributed by atoms with van der Waals surface area (Å²) in [5.74, 6) is -2.77. The summed E-state index contributed by atoms with van der Waals surface area (Å²) in [6.07, 6.45) is 3.51. The summed E-state index contributed by atoms with van der Waals surface area (Å²) < 4.78 is 36.7. The molecule has 1 aromatic carbocycles. The van der Waals surface area contributed by atoms with Crippen LogP contribution in [-0.4, -0.2) is 60.5 Å². The molecule has 0 radical (unpaired) electrons. The Bertz CT molecular complexity index is 915. The number of hydrogen-bond donors (Lipinski definition) is 1. The topological polar surface area (TPSA) is 77.5 Å². The molecule has 1 aliphatic carbocycles. The smallest absolute Gasteiger partial charge is 0.372 e. The van der Waals surface area contributed by atoms with Gasteiger partial charge in [0, 0.05) is 13.0 Å². The van der Waals surface area contributed by atoms with E-state index in [0.717, 1.165) is 43.5 Å². The Balaban J connectivity index is 1.63. The molecule has 162 valence electrons. The first-order chi connectivity index (χ1) is 14.4. The number of fused-ring (bicyclic) bond motifs is 3. The fourth-order valence-electron chi connectivity index (χ4n) is 5.44. The fourth-order valence-corrected chi connectivity index (χ4v) is 5.44. The van der Waals surface area contributed by atoms with Crippen molar-refractivity contribution in [1.29, 1.82) is 0 Å². The molecule has 3 heterocycles. The van der Waals surface area contributed by atoms with Gasteiger partial charge in [-0.1, -0.05) is 6.92 Å². The van der Waals surface area contributed by atoms with E-state index in [1.807, 2.05) is 18.2 Å². The summed E-state index contributed by atoms with van der Waals surface area (Å²) in [5, 5.41) is 9.82. The van der Waals surface area contributed by atoms with Gasteiger partial charge in [0.05, 0.1) is 18.6 Å². The zero-order valence-electron chi connectivity index (χ0n) is 17.2. The summed E-state index contributed by atoms with van der Waals surface area (Å²) in [7, 11) is 1.52. The highest BCUT2D eigenvalue weighted by Gasteiger charge is 2.58. The number of aliphatic hydroxyl groups is 1. The first-order valence-electron chi connectivity index (χ1n) is 10.5. The minimum atomic E-state index is -3.04. The molecule has 0 bridgehead atoms. The number of nitrogens with zero attached hydrogens (tertiary/aromatic N) is 1. The second kappa shape index (κ2) is 6.85. The van der Waals surface area contributed by atoms with Crippen LogP contribution in [0.3, 0.4) is 0 Å². The van der Waals surface area contributed by atoms with E-state index in [9.17, 15) is 14.3 Å². The number of rotatable bonds is 4. The van der Waals surface area contributed by atoms with Gasteiger partial charge in [0.25, 0.3) is 0 Å². The minimum absolute atomic E-state index is 0.172. The van der Waals surface area contributed by atoms with Crippen LogP contribution in [-0.2, 0) is 20.7 Å². The molecular weight excluding hydrogens is 393 g/mol. The third kappa shape index (κ3) is 2.73. The van der Waals surface area contributed by atoms with Gasteiger partial charge in [-0.2, -0.15) is 4.39 Å². The van der Waals surface area contributed by atoms with E-state index >= 15 is 0 Å². The lowest BCUT2D eigenvalue weighted by atomic mass is 9.77. The lowest BCUT2D eigenvalue weighted by Crippen LogP contribution is -2.48. The zero-order valence-corrected chi connectivity index (χ0v) is 17.2. The number of hydrogen-bond acceptors (Lipinski definition) is 7. The summed E-state index contributed by atoms with van der Waals surface area (Å²) in [6, 6.07) is 3.95. The summed E-state index contributed by atoms with van der Waals surface area (Å²) >= 11 is 0. The molecule has 1 N–H and O–H groups in total.